The molecule has 2 N–H and O–H groups in total. The van der Waals surface area contributed by atoms with Crippen molar-refractivity contribution in [3.05, 3.63) is 35.9 Å². The van der Waals surface area contributed by atoms with Crippen molar-refractivity contribution in [1.29, 1.82) is 0 Å². The molecular formula is C13H17F2N. The van der Waals surface area contributed by atoms with Crippen molar-refractivity contribution in [3.63, 3.8) is 0 Å². The first-order valence-electron chi connectivity index (χ1n) is 5.59. The van der Waals surface area contributed by atoms with Crippen molar-refractivity contribution in [3.8, 4) is 0 Å². The molecule has 88 valence electrons. The van der Waals surface area contributed by atoms with Crippen molar-refractivity contribution in [2.24, 2.45) is 5.73 Å². The first kappa shape index (κ1) is 11.5. The smallest absolute Gasteiger partial charge is 0.256 e. The first-order valence-corrected chi connectivity index (χ1v) is 5.59. The topological polar surface area (TPSA) is 26.0 Å². The Bertz CT molecular complexity index is 355. The van der Waals surface area contributed by atoms with E-state index in [1.54, 1.807) is 0 Å². The van der Waals surface area contributed by atoms with Gasteiger partial charge in [-0.1, -0.05) is 30.3 Å². The van der Waals surface area contributed by atoms with E-state index in [0.717, 1.165) is 18.4 Å². The molecule has 1 aliphatic rings. The van der Waals surface area contributed by atoms with E-state index in [1.165, 1.54) is 6.92 Å². The third-order valence-corrected chi connectivity index (χ3v) is 3.46. The predicted molar refractivity (Wildman–Crippen MR) is 60.6 cm³/mol. The van der Waals surface area contributed by atoms with Crippen molar-refractivity contribution in [1.82, 2.24) is 0 Å². The Morgan fingerprint density at radius 2 is 1.88 bits per heavy atom. The minimum atomic E-state index is -2.46. The van der Waals surface area contributed by atoms with Gasteiger partial charge in [0.15, 0.2) is 0 Å². The van der Waals surface area contributed by atoms with Crippen molar-refractivity contribution in [2.75, 3.05) is 0 Å². The van der Waals surface area contributed by atoms with Crippen molar-refractivity contribution in [2.45, 2.75) is 43.6 Å². The predicted octanol–water partition coefficient (Wildman–Crippen LogP) is 3.09. The maximum atomic E-state index is 12.8. The van der Waals surface area contributed by atoms with Gasteiger partial charge in [-0.05, 0) is 37.2 Å². The van der Waals surface area contributed by atoms with Gasteiger partial charge in [0.2, 0.25) is 0 Å². The Morgan fingerprint density at radius 3 is 2.31 bits per heavy atom. The highest BCUT2D eigenvalue weighted by molar-refractivity contribution is 5.32. The van der Waals surface area contributed by atoms with E-state index in [2.05, 4.69) is 0 Å². The summed E-state index contributed by atoms with van der Waals surface area (Å²) in [6, 6.07) is 9.86. The van der Waals surface area contributed by atoms with Crippen LogP contribution in [0.25, 0.3) is 0 Å². The second kappa shape index (κ2) is 3.81. The molecule has 1 saturated carbocycles. The molecule has 0 aromatic heterocycles. The number of benzene rings is 1. The van der Waals surface area contributed by atoms with Crippen LogP contribution in [0.2, 0.25) is 0 Å². The molecule has 0 bridgehead atoms. The van der Waals surface area contributed by atoms with E-state index in [9.17, 15) is 8.78 Å². The molecule has 2 rings (SSSR count). The summed E-state index contributed by atoms with van der Waals surface area (Å²) < 4.78 is 25.5. The lowest BCUT2D eigenvalue weighted by molar-refractivity contribution is 0.0528. The zero-order valence-electron chi connectivity index (χ0n) is 9.42. The number of nitrogens with two attached hydrogens (primary N) is 1. The highest BCUT2D eigenvalue weighted by Gasteiger charge is 2.50. The van der Waals surface area contributed by atoms with E-state index in [0.29, 0.717) is 6.42 Å². The van der Waals surface area contributed by atoms with E-state index in [-0.39, 0.29) is 5.41 Å². The molecule has 0 amide bonds. The lowest BCUT2D eigenvalue weighted by atomic mass is 9.83. The van der Waals surface area contributed by atoms with Crippen LogP contribution in [0.1, 0.15) is 31.7 Å². The quantitative estimate of drug-likeness (QED) is 0.837. The van der Waals surface area contributed by atoms with E-state index in [1.807, 2.05) is 30.3 Å². The summed E-state index contributed by atoms with van der Waals surface area (Å²) in [6.45, 7) is 1.45. The molecule has 1 aromatic carbocycles. The fraction of sp³-hybridized carbons (Fsp3) is 0.538. The van der Waals surface area contributed by atoms with Crippen LogP contribution in [0, 0.1) is 0 Å². The summed E-state index contributed by atoms with van der Waals surface area (Å²) in [5, 5.41) is 0. The highest BCUT2D eigenvalue weighted by Crippen LogP contribution is 2.53. The van der Waals surface area contributed by atoms with Crippen molar-refractivity contribution < 1.29 is 8.78 Å². The van der Waals surface area contributed by atoms with E-state index < -0.39 is 12.0 Å². The van der Waals surface area contributed by atoms with Gasteiger partial charge in [0.1, 0.15) is 0 Å². The Hall–Kier alpha value is -0.960. The monoisotopic (exact) mass is 225 g/mol. The summed E-state index contributed by atoms with van der Waals surface area (Å²) in [5.41, 5.74) is 5.34. The minimum Gasteiger partial charge on any atom is -0.321 e. The van der Waals surface area contributed by atoms with Gasteiger partial charge < -0.3 is 5.73 Å². The van der Waals surface area contributed by atoms with Crippen LogP contribution in [-0.4, -0.2) is 12.0 Å². The van der Waals surface area contributed by atoms with Gasteiger partial charge in [-0.25, -0.2) is 8.78 Å². The molecule has 1 unspecified atom stereocenters. The second-order valence-electron chi connectivity index (χ2n) is 5.13. The van der Waals surface area contributed by atoms with Gasteiger partial charge in [0.05, 0.1) is 5.54 Å². The van der Waals surface area contributed by atoms with Crippen molar-refractivity contribution >= 4 is 0 Å². The molecular weight excluding hydrogens is 208 g/mol. The van der Waals surface area contributed by atoms with Crippen LogP contribution in [0.5, 0.6) is 0 Å². The summed E-state index contributed by atoms with van der Waals surface area (Å²) >= 11 is 0. The molecule has 0 spiro atoms. The summed E-state index contributed by atoms with van der Waals surface area (Å²) in [7, 11) is 0. The molecule has 1 aromatic rings. The number of halogens is 2. The van der Waals surface area contributed by atoms with Crippen LogP contribution >= 0.6 is 0 Å². The van der Waals surface area contributed by atoms with Gasteiger partial charge in [-0.2, -0.15) is 0 Å². The van der Waals surface area contributed by atoms with Crippen LogP contribution in [0.15, 0.2) is 30.3 Å². The minimum absolute atomic E-state index is 0.0960. The average molecular weight is 225 g/mol. The van der Waals surface area contributed by atoms with Crippen LogP contribution in [0.4, 0.5) is 8.78 Å². The molecule has 0 saturated heterocycles. The van der Waals surface area contributed by atoms with Gasteiger partial charge in [0.25, 0.3) is 6.43 Å². The largest absolute Gasteiger partial charge is 0.321 e. The zero-order valence-corrected chi connectivity index (χ0v) is 9.42. The van der Waals surface area contributed by atoms with Crippen LogP contribution in [-0.2, 0) is 5.41 Å². The number of hydrogen-bond donors (Lipinski definition) is 1. The number of hydrogen-bond acceptors (Lipinski definition) is 1. The molecule has 1 nitrogen and oxygen atoms in total. The van der Waals surface area contributed by atoms with Crippen LogP contribution < -0.4 is 5.73 Å². The molecule has 1 atom stereocenters. The van der Waals surface area contributed by atoms with Gasteiger partial charge >= 0.3 is 0 Å². The lowest BCUT2D eigenvalue weighted by Gasteiger charge is -2.29. The average Bonchev–Trinajstić information content (AvgIpc) is 2.99. The lowest BCUT2D eigenvalue weighted by Crippen LogP contribution is -2.46. The second-order valence-corrected chi connectivity index (χ2v) is 5.13. The number of alkyl halides is 2. The summed E-state index contributed by atoms with van der Waals surface area (Å²) in [6.07, 6.45) is -0.164. The fourth-order valence-corrected chi connectivity index (χ4v) is 2.32. The maximum Gasteiger partial charge on any atom is 0.256 e. The van der Waals surface area contributed by atoms with E-state index in [4.69, 9.17) is 5.73 Å². The Kier molecular flexibility index (Phi) is 2.74. The van der Waals surface area contributed by atoms with Crippen LogP contribution in [0.3, 0.4) is 0 Å². The molecule has 1 aliphatic carbocycles. The summed E-state index contributed by atoms with van der Waals surface area (Å²) in [4.78, 5) is 0. The standard InChI is InChI=1S/C13H17F2N/c1-12(16,11(14)15)9-13(7-8-13)10-5-3-2-4-6-10/h2-6,11H,7-9,16H2,1H3. The Morgan fingerprint density at radius 1 is 1.31 bits per heavy atom. The fourth-order valence-electron chi connectivity index (χ4n) is 2.32. The molecule has 0 radical (unpaired) electrons. The SMILES string of the molecule is CC(N)(CC1(c2ccccc2)CC1)C(F)F. The highest BCUT2D eigenvalue weighted by atomic mass is 19.3. The maximum absolute atomic E-state index is 12.8. The molecule has 0 heterocycles. The normalized spacial score (nSPS) is 21.8. The Balaban J connectivity index is 2.16. The summed E-state index contributed by atoms with van der Waals surface area (Å²) in [5.74, 6) is 0. The zero-order chi connectivity index (χ0) is 11.8. The first-order chi connectivity index (χ1) is 7.46. The Labute approximate surface area is 94.7 Å². The van der Waals surface area contributed by atoms with Gasteiger partial charge in [-0.15, -0.1) is 0 Å². The molecule has 3 heteroatoms. The molecule has 16 heavy (non-hydrogen) atoms. The number of rotatable bonds is 4. The van der Waals surface area contributed by atoms with E-state index >= 15 is 0 Å². The third-order valence-electron chi connectivity index (χ3n) is 3.46. The van der Waals surface area contributed by atoms with Gasteiger partial charge in [0, 0.05) is 0 Å². The molecule has 0 aliphatic heterocycles. The third kappa shape index (κ3) is 2.09. The van der Waals surface area contributed by atoms with Gasteiger partial charge in [-0.3, -0.25) is 0 Å². The molecule has 1 fully saturated rings.